The Labute approximate surface area is 152 Å². The first-order valence-electron chi connectivity index (χ1n) is 9.21. The lowest BCUT2D eigenvalue weighted by Gasteiger charge is -2.28. The maximum Gasteiger partial charge on any atom is 0.248 e. The lowest BCUT2D eigenvalue weighted by Crippen LogP contribution is -2.30. The van der Waals surface area contributed by atoms with Crippen LogP contribution in [0.4, 0.5) is 0 Å². The third-order valence-corrected chi connectivity index (χ3v) is 4.98. The molecule has 1 aliphatic rings. The molecule has 2 aromatic heterocycles. The fourth-order valence-corrected chi connectivity index (χ4v) is 3.67. The first-order valence-corrected chi connectivity index (χ1v) is 9.21. The number of para-hydroxylation sites is 1. The van der Waals surface area contributed by atoms with E-state index in [-0.39, 0.29) is 5.78 Å². The van der Waals surface area contributed by atoms with Gasteiger partial charge in [0.2, 0.25) is 12.3 Å². The van der Waals surface area contributed by atoms with E-state index >= 15 is 0 Å². The largest absolute Gasteiger partial charge is 0.423 e. The van der Waals surface area contributed by atoms with E-state index in [1.807, 2.05) is 31.2 Å². The highest BCUT2D eigenvalue weighted by molar-refractivity contribution is 6.03. The van der Waals surface area contributed by atoms with Gasteiger partial charge >= 0.3 is 0 Å². The molecule has 0 unspecified atom stereocenters. The molecule has 1 fully saturated rings. The van der Waals surface area contributed by atoms with Crippen molar-refractivity contribution >= 4 is 16.7 Å². The van der Waals surface area contributed by atoms with Crippen LogP contribution in [0.15, 0.2) is 35.1 Å². The molecule has 1 aromatic carbocycles. The number of fused-ring (bicyclic) bond motifs is 1. The first kappa shape index (κ1) is 16.8. The fraction of sp³-hybridized carbons (Fsp3) is 0.400. The van der Waals surface area contributed by atoms with Crippen molar-refractivity contribution in [2.45, 2.75) is 39.2 Å². The van der Waals surface area contributed by atoms with Gasteiger partial charge < -0.3 is 4.42 Å². The summed E-state index contributed by atoms with van der Waals surface area (Å²) in [5.74, 6) is 0.490. The van der Waals surface area contributed by atoms with Gasteiger partial charge in [0.25, 0.3) is 0 Å². The van der Waals surface area contributed by atoms with E-state index < -0.39 is 0 Å². The summed E-state index contributed by atoms with van der Waals surface area (Å²) in [5, 5.41) is 8.94. The Kier molecular flexibility index (Phi) is 4.75. The number of hydrogen-bond donors (Lipinski definition) is 0. The molecule has 0 amide bonds. The van der Waals surface area contributed by atoms with Crippen molar-refractivity contribution in [3.05, 3.63) is 41.9 Å². The highest BCUT2D eigenvalue weighted by Gasteiger charge is 2.25. The van der Waals surface area contributed by atoms with E-state index in [1.165, 1.54) is 25.7 Å². The van der Waals surface area contributed by atoms with Crippen LogP contribution in [0.5, 0.6) is 0 Å². The normalized spacial score (nSPS) is 15.4. The van der Waals surface area contributed by atoms with Crippen molar-refractivity contribution in [3.63, 3.8) is 0 Å². The third kappa shape index (κ3) is 3.12. The number of carbonyl (C=O) groups excluding carboxylic acids is 1. The van der Waals surface area contributed by atoms with Gasteiger partial charge in [0.15, 0.2) is 5.78 Å². The standard InChI is InChI=1S/C20H22N4O2/c1-2-17(25)19-15(12-24-10-6-3-7-11-24)18(20-23-21-13-26-20)14-8-4-5-9-16(14)22-19/h4-5,8-9,13H,2-3,6-7,10-12H2,1H3. The van der Waals surface area contributed by atoms with Crippen molar-refractivity contribution in [3.8, 4) is 11.5 Å². The van der Waals surface area contributed by atoms with Gasteiger partial charge in [-0.1, -0.05) is 31.5 Å². The van der Waals surface area contributed by atoms with Crippen molar-refractivity contribution in [2.75, 3.05) is 13.1 Å². The summed E-state index contributed by atoms with van der Waals surface area (Å²) in [6, 6.07) is 7.82. The molecule has 1 saturated heterocycles. The summed E-state index contributed by atoms with van der Waals surface area (Å²) in [6.07, 6.45) is 5.39. The van der Waals surface area contributed by atoms with Crippen molar-refractivity contribution < 1.29 is 9.21 Å². The van der Waals surface area contributed by atoms with Crippen LogP contribution in [-0.4, -0.2) is 39.0 Å². The number of rotatable bonds is 5. The maximum absolute atomic E-state index is 12.7. The zero-order valence-corrected chi connectivity index (χ0v) is 14.9. The lowest BCUT2D eigenvalue weighted by atomic mass is 9.96. The summed E-state index contributed by atoms with van der Waals surface area (Å²) in [5.41, 5.74) is 3.06. The topological polar surface area (TPSA) is 72.1 Å². The minimum atomic E-state index is 0.0449. The van der Waals surface area contributed by atoms with Gasteiger partial charge in [-0.2, -0.15) is 0 Å². The quantitative estimate of drug-likeness (QED) is 0.651. The minimum Gasteiger partial charge on any atom is -0.423 e. The fourth-order valence-electron chi connectivity index (χ4n) is 3.67. The van der Waals surface area contributed by atoms with Crippen LogP contribution < -0.4 is 0 Å². The molecular formula is C20H22N4O2. The van der Waals surface area contributed by atoms with Gasteiger partial charge in [0.1, 0.15) is 5.69 Å². The van der Waals surface area contributed by atoms with Crippen LogP contribution in [-0.2, 0) is 6.54 Å². The summed E-state index contributed by atoms with van der Waals surface area (Å²) < 4.78 is 5.55. The van der Waals surface area contributed by atoms with Gasteiger partial charge in [-0.05, 0) is 32.0 Å². The smallest absolute Gasteiger partial charge is 0.248 e. The Morgan fingerprint density at radius 1 is 1.19 bits per heavy atom. The zero-order valence-electron chi connectivity index (χ0n) is 14.9. The molecule has 0 radical (unpaired) electrons. The summed E-state index contributed by atoms with van der Waals surface area (Å²) >= 11 is 0. The molecule has 0 N–H and O–H groups in total. The van der Waals surface area contributed by atoms with Gasteiger partial charge in [0.05, 0.1) is 11.1 Å². The van der Waals surface area contributed by atoms with Crippen LogP contribution in [0.25, 0.3) is 22.4 Å². The third-order valence-electron chi connectivity index (χ3n) is 4.98. The molecule has 26 heavy (non-hydrogen) atoms. The highest BCUT2D eigenvalue weighted by Crippen LogP contribution is 2.33. The van der Waals surface area contributed by atoms with Gasteiger partial charge in [0, 0.05) is 23.9 Å². The zero-order chi connectivity index (χ0) is 17.9. The van der Waals surface area contributed by atoms with Crippen molar-refractivity contribution in [1.29, 1.82) is 0 Å². The number of benzene rings is 1. The number of hydrogen-bond acceptors (Lipinski definition) is 6. The molecule has 134 valence electrons. The predicted octanol–water partition coefficient (Wildman–Crippen LogP) is 3.86. The van der Waals surface area contributed by atoms with Crippen molar-refractivity contribution in [2.24, 2.45) is 0 Å². The van der Waals surface area contributed by atoms with Gasteiger partial charge in [-0.25, -0.2) is 4.98 Å². The maximum atomic E-state index is 12.7. The molecule has 3 aromatic rings. The van der Waals surface area contributed by atoms with Crippen LogP contribution in [0.2, 0.25) is 0 Å². The molecule has 0 saturated carbocycles. The highest BCUT2D eigenvalue weighted by atomic mass is 16.4. The van der Waals surface area contributed by atoms with E-state index in [4.69, 9.17) is 9.40 Å². The van der Waals surface area contributed by atoms with E-state index in [1.54, 1.807) is 0 Å². The number of piperidine rings is 1. The average molecular weight is 350 g/mol. The molecule has 1 aliphatic heterocycles. The van der Waals surface area contributed by atoms with Crippen LogP contribution in [0.1, 0.15) is 48.7 Å². The van der Waals surface area contributed by atoms with E-state index in [0.717, 1.165) is 35.1 Å². The van der Waals surface area contributed by atoms with Crippen molar-refractivity contribution in [1.82, 2.24) is 20.1 Å². The molecule has 6 nitrogen and oxygen atoms in total. The first-order chi connectivity index (χ1) is 12.8. The SMILES string of the molecule is CCC(=O)c1nc2ccccc2c(-c2nnco2)c1CN1CCCCC1. The Morgan fingerprint density at radius 2 is 2.00 bits per heavy atom. The van der Waals surface area contributed by atoms with Gasteiger partial charge in [-0.3, -0.25) is 9.69 Å². The summed E-state index contributed by atoms with van der Waals surface area (Å²) in [6.45, 7) is 4.62. The number of Topliss-reactive ketones (excluding diaryl/α,β-unsaturated/α-hetero) is 1. The Hall–Kier alpha value is -2.60. The molecule has 0 atom stereocenters. The summed E-state index contributed by atoms with van der Waals surface area (Å²) in [4.78, 5) is 19.8. The molecule has 6 heteroatoms. The number of carbonyl (C=O) groups is 1. The molecule has 4 rings (SSSR count). The Bertz CT molecular complexity index is 915. The second-order valence-electron chi connectivity index (χ2n) is 6.69. The van der Waals surface area contributed by atoms with Crippen LogP contribution in [0.3, 0.4) is 0 Å². The van der Waals surface area contributed by atoms with E-state index in [9.17, 15) is 4.79 Å². The van der Waals surface area contributed by atoms with E-state index in [2.05, 4.69) is 15.1 Å². The molecule has 3 heterocycles. The number of aromatic nitrogens is 3. The number of ketones is 1. The van der Waals surface area contributed by atoms with Crippen LogP contribution in [0, 0.1) is 0 Å². The number of pyridine rings is 1. The molecule has 0 spiro atoms. The summed E-state index contributed by atoms with van der Waals surface area (Å²) in [7, 11) is 0. The predicted molar refractivity (Wildman–Crippen MR) is 98.8 cm³/mol. The van der Waals surface area contributed by atoms with Gasteiger partial charge in [-0.15, -0.1) is 10.2 Å². The van der Waals surface area contributed by atoms with Crippen LogP contribution >= 0.6 is 0 Å². The monoisotopic (exact) mass is 350 g/mol. The van der Waals surface area contributed by atoms with E-state index in [0.29, 0.717) is 24.6 Å². The second kappa shape index (κ2) is 7.33. The Balaban J connectivity index is 1.95. The lowest BCUT2D eigenvalue weighted by molar-refractivity contribution is 0.0981. The number of nitrogens with zero attached hydrogens (tertiary/aromatic N) is 4. The average Bonchev–Trinajstić information content (AvgIpc) is 3.22. The molecular weight excluding hydrogens is 328 g/mol. The second-order valence-corrected chi connectivity index (χ2v) is 6.69. The molecule has 0 aliphatic carbocycles. The minimum absolute atomic E-state index is 0.0449. The Morgan fingerprint density at radius 3 is 2.73 bits per heavy atom. The molecule has 0 bridgehead atoms. The number of likely N-dealkylation sites (tertiary alicyclic amines) is 1.